The molecule has 1 N–H and O–H groups in total. The molecule has 3 heteroatoms. The van der Waals surface area contributed by atoms with Gasteiger partial charge in [-0.2, -0.15) is 0 Å². The van der Waals surface area contributed by atoms with Gasteiger partial charge in [0.2, 0.25) is 0 Å². The van der Waals surface area contributed by atoms with Gasteiger partial charge >= 0.3 is 0 Å². The van der Waals surface area contributed by atoms with Crippen LogP contribution in [0.15, 0.2) is 48.8 Å². The summed E-state index contributed by atoms with van der Waals surface area (Å²) >= 11 is 0. The number of hydrogen-bond donors (Lipinski definition) is 1. The highest BCUT2D eigenvalue weighted by Gasteiger charge is 2.19. The number of aryl methyl sites for hydroxylation is 1. The number of hydrogen-bond acceptors (Lipinski definition) is 2. The van der Waals surface area contributed by atoms with E-state index in [1.165, 1.54) is 29.8 Å². The van der Waals surface area contributed by atoms with Crippen molar-refractivity contribution in [2.45, 2.75) is 12.8 Å². The van der Waals surface area contributed by atoms with Gasteiger partial charge in [0.1, 0.15) is 5.52 Å². The Morgan fingerprint density at radius 3 is 2.89 bits per heavy atom. The number of anilines is 2. The van der Waals surface area contributed by atoms with E-state index in [9.17, 15) is 0 Å². The summed E-state index contributed by atoms with van der Waals surface area (Å²) in [5.74, 6) is 0. The van der Waals surface area contributed by atoms with Crippen molar-refractivity contribution in [1.82, 2.24) is 9.97 Å². The lowest BCUT2D eigenvalue weighted by molar-refractivity contribution is 0.768. The number of aromatic amines is 1. The van der Waals surface area contributed by atoms with Crippen LogP contribution in [0, 0.1) is 0 Å². The number of rotatable bonds is 1. The lowest BCUT2D eigenvalue weighted by atomic mass is 10.0. The highest BCUT2D eigenvalue weighted by Crippen LogP contribution is 2.35. The van der Waals surface area contributed by atoms with Crippen LogP contribution in [0.5, 0.6) is 0 Å². The molecule has 0 spiro atoms. The molecular formula is C16H15N3. The molecule has 3 nitrogen and oxygen atoms in total. The molecule has 2 heterocycles. The van der Waals surface area contributed by atoms with E-state index in [2.05, 4.69) is 57.3 Å². The molecule has 0 atom stereocenters. The first kappa shape index (κ1) is 10.6. The second-order valence-electron chi connectivity index (χ2n) is 4.96. The fourth-order valence-electron chi connectivity index (χ4n) is 2.95. The molecule has 0 unspecified atom stereocenters. The summed E-state index contributed by atoms with van der Waals surface area (Å²) in [5.41, 5.74) is 6.11. The van der Waals surface area contributed by atoms with Crippen molar-refractivity contribution in [3.05, 3.63) is 54.4 Å². The summed E-state index contributed by atoms with van der Waals surface area (Å²) in [5, 5.41) is 0. The van der Waals surface area contributed by atoms with E-state index in [1.54, 1.807) is 6.33 Å². The van der Waals surface area contributed by atoms with Gasteiger partial charge in [0.15, 0.2) is 0 Å². The van der Waals surface area contributed by atoms with E-state index >= 15 is 0 Å². The second-order valence-corrected chi connectivity index (χ2v) is 4.96. The molecule has 1 aromatic heterocycles. The number of imidazole rings is 1. The van der Waals surface area contributed by atoms with Crippen LogP contribution >= 0.6 is 0 Å². The maximum atomic E-state index is 4.47. The van der Waals surface area contributed by atoms with E-state index in [0.717, 1.165) is 17.6 Å². The average Bonchev–Trinajstić information content (AvgIpc) is 2.95. The quantitative estimate of drug-likeness (QED) is 0.714. The zero-order valence-electron chi connectivity index (χ0n) is 10.6. The molecule has 1 aliphatic heterocycles. The molecule has 3 aromatic rings. The molecule has 4 rings (SSSR count). The smallest absolute Gasteiger partial charge is 0.112 e. The number of nitrogens with one attached hydrogen (secondary N) is 1. The fourth-order valence-corrected chi connectivity index (χ4v) is 2.95. The SMILES string of the molecule is c1ccc2c(c1)CCCN2c1cccc2[nH]cnc12. The van der Waals surface area contributed by atoms with Gasteiger partial charge in [-0.05, 0) is 36.6 Å². The Hall–Kier alpha value is -2.29. The molecule has 0 saturated carbocycles. The maximum absolute atomic E-state index is 4.47. The Balaban J connectivity index is 1.92. The number of nitrogens with zero attached hydrogens (tertiary/aromatic N) is 2. The first-order valence-electron chi connectivity index (χ1n) is 6.71. The van der Waals surface area contributed by atoms with Crippen molar-refractivity contribution in [2.75, 3.05) is 11.4 Å². The van der Waals surface area contributed by atoms with Gasteiger partial charge in [0, 0.05) is 12.2 Å². The van der Waals surface area contributed by atoms with Crippen LogP contribution in [0.1, 0.15) is 12.0 Å². The van der Waals surface area contributed by atoms with Crippen LogP contribution in [-0.2, 0) is 6.42 Å². The minimum atomic E-state index is 1.05. The molecule has 0 aliphatic carbocycles. The van der Waals surface area contributed by atoms with E-state index in [-0.39, 0.29) is 0 Å². The Kier molecular flexibility index (Phi) is 2.30. The molecule has 0 radical (unpaired) electrons. The Morgan fingerprint density at radius 2 is 1.89 bits per heavy atom. The average molecular weight is 249 g/mol. The molecule has 0 fully saturated rings. The highest BCUT2D eigenvalue weighted by atomic mass is 15.2. The van der Waals surface area contributed by atoms with Crippen molar-refractivity contribution in [1.29, 1.82) is 0 Å². The first-order valence-corrected chi connectivity index (χ1v) is 6.71. The van der Waals surface area contributed by atoms with Crippen molar-refractivity contribution >= 4 is 22.4 Å². The van der Waals surface area contributed by atoms with Crippen molar-refractivity contribution in [2.24, 2.45) is 0 Å². The largest absolute Gasteiger partial charge is 0.345 e. The number of aromatic nitrogens is 2. The normalized spacial score (nSPS) is 14.6. The first-order chi connectivity index (χ1) is 9.43. The number of para-hydroxylation sites is 2. The third-order valence-electron chi connectivity index (χ3n) is 3.83. The van der Waals surface area contributed by atoms with Crippen LogP contribution in [0.2, 0.25) is 0 Å². The minimum Gasteiger partial charge on any atom is -0.345 e. The van der Waals surface area contributed by atoms with Gasteiger partial charge in [-0.3, -0.25) is 0 Å². The zero-order valence-corrected chi connectivity index (χ0v) is 10.6. The second kappa shape index (κ2) is 4.12. The third-order valence-corrected chi connectivity index (χ3v) is 3.83. The molecular weight excluding hydrogens is 234 g/mol. The van der Waals surface area contributed by atoms with Gasteiger partial charge in [0.25, 0.3) is 0 Å². The molecule has 2 aromatic carbocycles. The predicted molar refractivity (Wildman–Crippen MR) is 77.9 cm³/mol. The van der Waals surface area contributed by atoms with Crippen LogP contribution in [0.4, 0.5) is 11.4 Å². The third kappa shape index (κ3) is 1.62. The van der Waals surface area contributed by atoms with Crippen LogP contribution < -0.4 is 4.90 Å². The number of benzene rings is 2. The highest BCUT2D eigenvalue weighted by molar-refractivity contribution is 5.91. The molecule has 0 bridgehead atoms. The Labute approximate surface area is 111 Å². The van der Waals surface area contributed by atoms with Gasteiger partial charge in [-0.15, -0.1) is 0 Å². The lowest BCUT2D eigenvalue weighted by Gasteiger charge is -2.31. The van der Waals surface area contributed by atoms with E-state index < -0.39 is 0 Å². The minimum absolute atomic E-state index is 1.05. The van der Waals surface area contributed by atoms with Gasteiger partial charge in [-0.1, -0.05) is 24.3 Å². The summed E-state index contributed by atoms with van der Waals surface area (Å²) in [6, 6.07) is 15.0. The van der Waals surface area contributed by atoms with E-state index in [1.807, 2.05) is 0 Å². The summed E-state index contributed by atoms with van der Waals surface area (Å²) in [6.45, 7) is 1.06. The van der Waals surface area contributed by atoms with Crippen LogP contribution in [0.3, 0.4) is 0 Å². The maximum Gasteiger partial charge on any atom is 0.112 e. The summed E-state index contributed by atoms with van der Waals surface area (Å²) < 4.78 is 0. The fraction of sp³-hybridized carbons (Fsp3) is 0.188. The van der Waals surface area contributed by atoms with E-state index in [0.29, 0.717) is 0 Å². The topological polar surface area (TPSA) is 31.9 Å². The van der Waals surface area contributed by atoms with Crippen molar-refractivity contribution < 1.29 is 0 Å². The van der Waals surface area contributed by atoms with Crippen molar-refractivity contribution in [3.63, 3.8) is 0 Å². The van der Waals surface area contributed by atoms with E-state index in [4.69, 9.17) is 0 Å². The lowest BCUT2D eigenvalue weighted by Crippen LogP contribution is -2.24. The summed E-state index contributed by atoms with van der Waals surface area (Å²) in [6.07, 6.45) is 4.13. The van der Waals surface area contributed by atoms with Crippen molar-refractivity contribution in [3.8, 4) is 0 Å². The molecule has 19 heavy (non-hydrogen) atoms. The summed E-state index contributed by atoms with van der Waals surface area (Å²) in [4.78, 5) is 10.0. The van der Waals surface area contributed by atoms with Gasteiger partial charge in [0.05, 0.1) is 17.5 Å². The van der Waals surface area contributed by atoms with Gasteiger partial charge < -0.3 is 9.88 Å². The number of fused-ring (bicyclic) bond motifs is 2. The number of H-pyrrole nitrogens is 1. The summed E-state index contributed by atoms with van der Waals surface area (Å²) in [7, 11) is 0. The monoisotopic (exact) mass is 249 g/mol. The van der Waals surface area contributed by atoms with Crippen LogP contribution in [0.25, 0.3) is 11.0 Å². The van der Waals surface area contributed by atoms with Gasteiger partial charge in [-0.25, -0.2) is 4.98 Å². The Bertz CT molecular complexity index is 729. The Morgan fingerprint density at radius 1 is 1.00 bits per heavy atom. The standard InChI is InChI=1S/C16H15N3/c1-2-8-14-12(5-1)6-4-10-19(14)15-9-3-7-13-16(15)18-11-17-13/h1-3,5,7-9,11H,4,6,10H2,(H,17,18). The molecule has 0 amide bonds. The predicted octanol–water partition coefficient (Wildman–Crippen LogP) is 3.65. The molecule has 0 saturated heterocycles. The zero-order chi connectivity index (χ0) is 12.7. The molecule has 94 valence electrons. The van der Waals surface area contributed by atoms with Crippen LogP contribution in [-0.4, -0.2) is 16.5 Å². The molecule has 1 aliphatic rings.